The van der Waals surface area contributed by atoms with Gasteiger partial charge in [0.1, 0.15) is 17.0 Å². The molecule has 20 heavy (non-hydrogen) atoms. The lowest BCUT2D eigenvalue weighted by Crippen LogP contribution is -2.04. The van der Waals surface area contributed by atoms with Gasteiger partial charge in [0.2, 0.25) is 0 Å². The van der Waals surface area contributed by atoms with Crippen molar-refractivity contribution in [3.05, 3.63) is 16.8 Å². The molecule has 4 heteroatoms. The van der Waals surface area contributed by atoms with Crippen LogP contribution in [-0.4, -0.2) is 16.5 Å². The summed E-state index contributed by atoms with van der Waals surface area (Å²) in [6.07, 6.45) is 9.60. The summed E-state index contributed by atoms with van der Waals surface area (Å²) in [7, 11) is 0. The minimum absolute atomic E-state index is 1.01. The number of aromatic nitrogens is 2. The Balaban J connectivity index is 1.87. The molecule has 1 N–H and O–H groups in total. The molecule has 0 saturated heterocycles. The summed E-state index contributed by atoms with van der Waals surface area (Å²) in [6, 6.07) is 0. The van der Waals surface area contributed by atoms with Crippen molar-refractivity contribution in [2.45, 2.75) is 59.3 Å². The molecule has 2 aromatic rings. The van der Waals surface area contributed by atoms with Crippen LogP contribution in [0.5, 0.6) is 0 Å². The van der Waals surface area contributed by atoms with E-state index in [1.165, 1.54) is 54.4 Å². The van der Waals surface area contributed by atoms with Gasteiger partial charge in [-0.25, -0.2) is 9.97 Å². The fourth-order valence-corrected chi connectivity index (χ4v) is 3.43. The molecule has 110 valence electrons. The SMILES string of the molecule is CCCCCCCCNc1ncnc2sc(C)c(C)c12. The van der Waals surface area contributed by atoms with Crippen molar-refractivity contribution in [1.29, 1.82) is 0 Å². The highest BCUT2D eigenvalue weighted by Gasteiger charge is 2.11. The molecule has 0 aliphatic rings. The van der Waals surface area contributed by atoms with Crippen molar-refractivity contribution < 1.29 is 0 Å². The van der Waals surface area contributed by atoms with Crippen LogP contribution in [0.25, 0.3) is 10.2 Å². The lowest BCUT2D eigenvalue weighted by Gasteiger charge is -2.07. The van der Waals surface area contributed by atoms with Crippen molar-refractivity contribution in [2.75, 3.05) is 11.9 Å². The first kappa shape index (κ1) is 15.2. The van der Waals surface area contributed by atoms with Gasteiger partial charge in [0.15, 0.2) is 0 Å². The monoisotopic (exact) mass is 291 g/mol. The van der Waals surface area contributed by atoms with Crippen molar-refractivity contribution in [3.8, 4) is 0 Å². The van der Waals surface area contributed by atoms with Gasteiger partial charge in [0, 0.05) is 11.4 Å². The van der Waals surface area contributed by atoms with Crippen LogP contribution in [-0.2, 0) is 0 Å². The summed E-state index contributed by atoms with van der Waals surface area (Å²) in [4.78, 5) is 11.2. The molecular weight excluding hydrogens is 266 g/mol. The zero-order valence-corrected chi connectivity index (χ0v) is 13.6. The largest absolute Gasteiger partial charge is 0.369 e. The highest BCUT2D eigenvalue weighted by Crippen LogP contribution is 2.32. The van der Waals surface area contributed by atoms with E-state index in [0.717, 1.165) is 17.2 Å². The van der Waals surface area contributed by atoms with Crippen molar-refractivity contribution in [3.63, 3.8) is 0 Å². The summed E-state index contributed by atoms with van der Waals surface area (Å²) in [5.41, 5.74) is 1.32. The first-order valence-corrected chi connectivity index (χ1v) is 8.50. The maximum absolute atomic E-state index is 4.41. The summed E-state index contributed by atoms with van der Waals surface area (Å²) in [5.74, 6) is 1.01. The first-order valence-electron chi connectivity index (χ1n) is 7.68. The predicted octanol–water partition coefficient (Wildman–Crippen LogP) is 5.08. The van der Waals surface area contributed by atoms with Crippen LogP contribution in [0, 0.1) is 13.8 Å². The third kappa shape index (κ3) is 3.69. The maximum Gasteiger partial charge on any atom is 0.138 e. The highest BCUT2D eigenvalue weighted by molar-refractivity contribution is 7.18. The molecule has 0 amide bonds. The molecule has 0 aromatic carbocycles. The van der Waals surface area contributed by atoms with E-state index < -0.39 is 0 Å². The van der Waals surface area contributed by atoms with Gasteiger partial charge >= 0.3 is 0 Å². The zero-order valence-electron chi connectivity index (χ0n) is 12.8. The summed E-state index contributed by atoms with van der Waals surface area (Å²) >= 11 is 1.75. The Morgan fingerprint density at radius 1 is 1.05 bits per heavy atom. The first-order chi connectivity index (χ1) is 9.74. The van der Waals surface area contributed by atoms with Gasteiger partial charge in [-0.1, -0.05) is 39.0 Å². The quantitative estimate of drug-likeness (QED) is 0.689. The molecule has 3 nitrogen and oxygen atoms in total. The van der Waals surface area contributed by atoms with Gasteiger partial charge in [0.25, 0.3) is 0 Å². The van der Waals surface area contributed by atoms with E-state index >= 15 is 0 Å². The fraction of sp³-hybridized carbons (Fsp3) is 0.625. The minimum atomic E-state index is 1.01. The van der Waals surface area contributed by atoms with Crippen LogP contribution in [0.2, 0.25) is 0 Å². The number of unbranched alkanes of at least 4 members (excludes halogenated alkanes) is 5. The van der Waals surface area contributed by atoms with E-state index in [2.05, 4.69) is 36.1 Å². The Morgan fingerprint density at radius 2 is 1.80 bits per heavy atom. The number of nitrogens with one attached hydrogen (secondary N) is 1. The van der Waals surface area contributed by atoms with E-state index in [1.54, 1.807) is 17.7 Å². The zero-order chi connectivity index (χ0) is 14.4. The second-order valence-corrected chi connectivity index (χ2v) is 6.58. The minimum Gasteiger partial charge on any atom is -0.369 e. The van der Waals surface area contributed by atoms with Gasteiger partial charge in [-0.05, 0) is 25.8 Å². The lowest BCUT2D eigenvalue weighted by atomic mass is 10.1. The number of hydrogen-bond acceptors (Lipinski definition) is 4. The predicted molar refractivity (Wildman–Crippen MR) is 88.8 cm³/mol. The molecule has 2 aromatic heterocycles. The number of hydrogen-bond donors (Lipinski definition) is 1. The van der Waals surface area contributed by atoms with E-state index in [4.69, 9.17) is 0 Å². The van der Waals surface area contributed by atoms with Gasteiger partial charge in [-0.3, -0.25) is 0 Å². The van der Waals surface area contributed by atoms with Crippen molar-refractivity contribution in [2.24, 2.45) is 0 Å². The molecule has 0 aliphatic carbocycles. The number of fused-ring (bicyclic) bond motifs is 1. The van der Waals surface area contributed by atoms with Crippen LogP contribution in [0.3, 0.4) is 0 Å². The van der Waals surface area contributed by atoms with E-state index in [9.17, 15) is 0 Å². The van der Waals surface area contributed by atoms with Gasteiger partial charge in [-0.15, -0.1) is 11.3 Å². The standard InChI is InChI=1S/C16H25N3S/c1-4-5-6-7-8-9-10-17-15-14-12(2)13(3)20-16(14)19-11-18-15/h11H,4-10H2,1-3H3,(H,17,18,19). The number of aryl methyl sites for hydroxylation is 2. The Bertz CT molecular complexity index is 548. The van der Waals surface area contributed by atoms with Crippen molar-refractivity contribution >= 4 is 27.4 Å². The van der Waals surface area contributed by atoms with Crippen LogP contribution >= 0.6 is 11.3 Å². The molecule has 0 fully saturated rings. The van der Waals surface area contributed by atoms with Crippen LogP contribution < -0.4 is 5.32 Å². The third-order valence-corrected chi connectivity index (χ3v) is 4.90. The third-order valence-electron chi connectivity index (χ3n) is 3.79. The molecule has 0 atom stereocenters. The molecule has 0 unspecified atom stereocenters. The second kappa shape index (κ2) is 7.58. The Labute approximate surface area is 125 Å². The Morgan fingerprint density at radius 3 is 2.60 bits per heavy atom. The molecule has 0 radical (unpaired) electrons. The maximum atomic E-state index is 4.41. The van der Waals surface area contributed by atoms with E-state index in [-0.39, 0.29) is 0 Å². The van der Waals surface area contributed by atoms with E-state index in [1.807, 2.05) is 0 Å². The molecule has 0 saturated carbocycles. The van der Waals surface area contributed by atoms with Crippen LogP contribution in [0.4, 0.5) is 5.82 Å². The molecule has 2 heterocycles. The van der Waals surface area contributed by atoms with E-state index in [0.29, 0.717) is 0 Å². The summed E-state index contributed by atoms with van der Waals surface area (Å²) in [5, 5.41) is 4.70. The fourth-order valence-electron chi connectivity index (χ4n) is 2.43. The molecule has 0 bridgehead atoms. The Kier molecular flexibility index (Phi) is 5.77. The van der Waals surface area contributed by atoms with Gasteiger partial charge < -0.3 is 5.32 Å². The molecular formula is C16H25N3S. The van der Waals surface area contributed by atoms with Crippen LogP contribution in [0.15, 0.2) is 6.33 Å². The average Bonchev–Trinajstić information content (AvgIpc) is 2.74. The molecule has 0 aliphatic heterocycles. The summed E-state index contributed by atoms with van der Waals surface area (Å²) < 4.78 is 0. The van der Waals surface area contributed by atoms with Gasteiger partial charge in [-0.2, -0.15) is 0 Å². The average molecular weight is 291 g/mol. The number of thiophene rings is 1. The molecule has 2 rings (SSSR count). The molecule has 0 spiro atoms. The lowest BCUT2D eigenvalue weighted by molar-refractivity contribution is 0.617. The number of rotatable bonds is 8. The number of nitrogens with zero attached hydrogens (tertiary/aromatic N) is 2. The van der Waals surface area contributed by atoms with Crippen molar-refractivity contribution in [1.82, 2.24) is 9.97 Å². The number of anilines is 1. The topological polar surface area (TPSA) is 37.8 Å². The summed E-state index contributed by atoms with van der Waals surface area (Å²) in [6.45, 7) is 7.58. The normalized spacial score (nSPS) is 11.2. The highest BCUT2D eigenvalue weighted by atomic mass is 32.1. The Hall–Kier alpha value is -1.16. The smallest absolute Gasteiger partial charge is 0.138 e. The van der Waals surface area contributed by atoms with Crippen LogP contribution in [0.1, 0.15) is 55.9 Å². The second-order valence-electron chi connectivity index (χ2n) is 5.38. The van der Waals surface area contributed by atoms with Gasteiger partial charge in [0.05, 0.1) is 5.39 Å².